The van der Waals surface area contributed by atoms with Gasteiger partial charge in [0.1, 0.15) is 0 Å². The zero-order chi connectivity index (χ0) is 12.4. The minimum Gasteiger partial charge on any atom is -0.478 e. The van der Waals surface area contributed by atoms with Crippen molar-refractivity contribution >= 4 is 11.9 Å². The van der Waals surface area contributed by atoms with Gasteiger partial charge < -0.3 is 10.2 Å². The second-order valence-corrected chi connectivity index (χ2v) is 3.74. The number of hydrogen-bond donors (Lipinski definition) is 2. The zero-order valence-electron chi connectivity index (χ0n) is 9.43. The van der Waals surface area contributed by atoms with E-state index in [1.807, 2.05) is 0 Å². The lowest BCUT2D eigenvalue weighted by molar-refractivity contribution is -0.132. The molecule has 0 aromatic heterocycles. The summed E-state index contributed by atoms with van der Waals surface area (Å²) in [5.41, 5.74) is 0. The van der Waals surface area contributed by atoms with Crippen LogP contribution in [0.2, 0.25) is 0 Å². The molecular formula is C12H18O4. The summed E-state index contributed by atoms with van der Waals surface area (Å²) in [6, 6.07) is 0. The Bertz CT molecular complexity index is 251. The quantitative estimate of drug-likeness (QED) is 0.623. The lowest BCUT2D eigenvalue weighted by Gasteiger charge is -2.06. The predicted octanol–water partition coefficient (Wildman–Crippen LogP) is 2.46. The van der Waals surface area contributed by atoms with E-state index in [4.69, 9.17) is 10.2 Å². The number of hydrogen-bond acceptors (Lipinski definition) is 2. The summed E-state index contributed by atoms with van der Waals surface area (Å²) < 4.78 is 0. The second kappa shape index (κ2) is 8.71. The van der Waals surface area contributed by atoms with Crippen LogP contribution in [0.3, 0.4) is 0 Å². The first-order valence-electron chi connectivity index (χ1n) is 5.31. The van der Waals surface area contributed by atoms with Gasteiger partial charge in [0.2, 0.25) is 0 Å². The molecule has 0 saturated heterocycles. The van der Waals surface area contributed by atoms with E-state index in [0.29, 0.717) is 5.92 Å². The van der Waals surface area contributed by atoms with Crippen LogP contribution in [0.15, 0.2) is 24.3 Å². The molecule has 2 N–H and O–H groups in total. The van der Waals surface area contributed by atoms with Crippen molar-refractivity contribution in [3.05, 3.63) is 24.3 Å². The van der Waals surface area contributed by atoms with Crippen molar-refractivity contribution in [2.45, 2.75) is 32.6 Å². The lowest BCUT2D eigenvalue weighted by Crippen LogP contribution is -1.94. The minimum absolute atomic E-state index is 0.469. The van der Waals surface area contributed by atoms with Gasteiger partial charge in [-0.15, -0.1) is 0 Å². The lowest BCUT2D eigenvalue weighted by atomic mass is 9.99. The Hall–Kier alpha value is -1.58. The van der Waals surface area contributed by atoms with Gasteiger partial charge in [-0.2, -0.15) is 0 Å². The van der Waals surface area contributed by atoms with Gasteiger partial charge in [0.15, 0.2) is 0 Å². The topological polar surface area (TPSA) is 74.6 Å². The molecule has 0 bridgehead atoms. The van der Waals surface area contributed by atoms with Crippen LogP contribution >= 0.6 is 0 Å². The van der Waals surface area contributed by atoms with Gasteiger partial charge in [-0.05, 0) is 31.6 Å². The SMILES string of the molecule is CC(CCC=CC(=O)O)CCC=CC(=O)O. The van der Waals surface area contributed by atoms with E-state index < -0.39 is 11.9 Å². The van der Waals surface area contributed by atoms with E-state index in [1.54, 1.807) is 12.2 Å². The molecule has 4 nitrogen and oxygen atoms in total. The van der Waals surface area contributed by atoms with Crippen LogP contribution in [0.25, 0.3) is 0 Å². The summed E-state index contributed by atoms with van der Waals surface area (Å²) in [7, 11) is 0. The van der Waals surface area contributed by atoms with Crippen LogP contribution in [-0.4, -0.2) is 22.2 Å². The Labute approximate surface area is 95.3 Å². The summed E-state index contributed by atoms with van der Waals surface area (Å²) in [5.74, 6) is -1.37. The third-order valence-corrected chi connectivity index (χ3v) is 2.17. The molecule has 0 rings (SSSR count). The fraction of sp³-hybridized carbons (Fsp3) is 0.500. The molecule has 0 saturated carbocycles. The molecule has 0 aromatic carbocycles. The van der Waals surface area contributed by atoms with Crippen LogP contribution in [0.1, 0.15) is 32.6 Å². The van der Waals surface area contributed by atoms with E-state index in [2.05, 4.69) is 6.92 Å². The summed E-state index contributed by atoms with van der Waals surface area (Å²) in [5, 5.41) is 16.7. The molecule has 0 aromatic rings. The number of rotatable bonds is 8. The van der Waals surface area contributed by atoms with Crippen LogP contribution < -0.4 is 0 Å². The van der Waals surface area contributed by atoms with Crippen molar-refractivity contribution < 1.29 is 19.8 Å². The summed E-state index contributed by atoms with van der Waals surface area (Å²) in [6.07, 6.45) is 8.92. The number of allylic oxidation sites excluding steroid dienone is 2. The minimum atomic E-state index is -0.919. The molecule has 0 aliphatic carbocycles. The first-order chi connectivity index (χ1) is 7.52. The molecule has 0 spiro atoms. The Morgan fingerprint density at radius 3 is 1.69 bits per heavy atom. The Balaban J connectivity index is 3.55. The van der Waals surface area contributed by atoms with Crippen molar-refractivity contribution in [1.82, 2.24) is 0 Å². The van der Waals surface area contributed by atoms with Gasteiger partial charge in [0, 0.05) is 12.2 Å². The van der Waals surface area contributed by atoms with Gasteiger partial charge in [-0.1, -0.05) is 19.1 Å². The van der Waals surface area contributed by atoms with Crippen LogP contribution in [-0.2, 0) is 9.59 Å². The van der Waals surface area contributed by atoms with Crippen molar-refractivity contribution in [3.63, 3.8) is 0 Å². The highest BCUT2D eigenvalue weighted by Gasteiger charge is 1.99. The molecular weight excluding hydrogens is 208 g/mol. The Morgan fingerprint density at radius 2 is 1.38 bits per heavy atom. The summed E-state index contributed by atoms with van der Waals surface area (Å²) in [4.78, 5) is 20.3. The van der Waals surface area contributed by atoms with E-state index in [0.717, 1.165) is 37.8 Å². The van der Waals surface area contributed by atoms with Gasteiger partial charge in [0.05, 0.1) is 0 Å². The molecule has 90 valence electrons. The number of aliphatic carboxylic acids is 2. The Morgan fingerprint density at radius 1 is 1.00 bits per heavy atom. The van der Waals surface area contributed by atoms with Crippen molar-refractivity contribution in [3.8, 4) is 0 Å². The van der Waals surface area contributed by atoms with Crippen LogP contribution in [0.4, 0.5) is 0 Å². The highest BCUT2D eigenvalue weighted by Crippen LogP contribution is 2.13. The number of carboxylic acids is 2. The van der Waals surface area contributed by atoms with E-state index >= 15 is 0 Å². The molecule has 0 fully saturated rings. The Kier molecular flexibility index (Phi) is 7.85. The van der Waals surface area contributed by atoms with E-state index in [1.165, 1.54) is 0 Å². The highest BCUT2D eigenvalue weighted by atomic mass is 16.4. The molecule has 4 heteroatoms. The monoisotopic (exact) mass is 226 g/mol. The smallest absolute Gasteiger partial charge is 0.327 e. The molecule has 0 unspecified atom stereocenters. The first-order valence-corrected chi connectivity index (χ1v) is 5.31. The standard InChI is InChI=1S/C12H18O4/c1-10(6-2-4-8-11(13)14)7-3-5-9-12(15)16/h4-5,8-10H,2-3,6-7H2,1H3,(H,13,14)(H,15,16). The van der Waals surface area contributed by atoms with Crippen LogP contribution in [0, 0.1) is 5.92 Å². The zero-order valence-corrected chi connectivity index (χ0v) is 9.43. The predicted molar refractivity (Wildman–Crippen MR) is 61.2 cm³/mol. The number of carboxylic acid groups (broad SMARTS) is 2. The normalized spacial score (nSPS) is 13.3. The van der Waals surface area contributed by atoms with Gasteiger partial charge in [-0.25, -0.2) is 9.59 Å². The van der Waals surface area contributed by atoms with Crippen molar-refractivity contribution in [2.75, 3.05) is 0 Å². The van der Waals surface area contributed by atoms with Gasteiger partial charge in [0.25, 0.3) is 0 Å². The summed E-state index contributed by atoms with van der Waals surface area (Å²) >= 11 is 0. The fourth-order valence-corrected chi connectivity index (χ4v) is 1.27. The first kappa shape index (κ1) is 14.4. The fourth-order valence-electron chi connectivity index (χ4n) is 1.27. The van der Waals surface area contributed by atoms with Gasteiger partial charge in [-0.3, -0.25) is 0 Å². The molecule has 0 aliphatic heterocycles. The largest absolute Gasteiger partial charge is 0.478 e. The third kappa shape index (κ3) is 10.5. The molecule has 0 radical (unpaired) electrons. The van der Waals surface area contributed by atoms with Crippen molar-refractivity contribution in [2.24, 2.45) is 5.92 Å². The second-order valence-electron chi connectivity index (χ2n) is 3.74. The maximum absolute atomic E-state index is 10.2. The van der Waals surface area contributed by atoms with E-state index in [-0.39, 0.29) is 0 Å². The highest BCUT2D eigenvalue weighted by molar-refractivity contribution is 5.79. The van der Waals surface area contributed by atoms with Crippen molar-refractivity contribution in [1.29, 1.82) is 0 Å². The molecule has 16 heavy (non-hydrogen) atoms. The molecule has 0 atom stereocenters. The average molecular weight is 226 g/mol. The van der Waals surface area contributed by atoms with Crippen LogP contribution in [0.5, 0.6) is 0 Å². The molecule has 0 amide bonds. The molecule has 0 heterocycles. The number of carbonyl (C=O) groups is 2. The van der Waals surface area contributed by atoms with E-state index in [9.17, 15) is 9.59 Å². The molecule has 0 aliphatic rings. The maximum atomic E-state index is 10.2. The third-order valence-electron chi connectivity index (χ3n) is 2.17. The summed E-state index contributed by atoms with van der Waals surface area (Å²) in [6.45, 7) is 2.07. The van der Waals surface area contributed by atoms with Gasteiger partial charge >= 0.3 is 11.9 Å². The average Bonchev–Trinajstić information content (AvgIpc) is 2.19. The maximum Gasteiger partial charge on any atom is 0.327 e.